The van der Waals surface area contributed by atoms with Gasteiger partial charge in [-0.1, -0.05) is 6.07 Å². The fraction of sp³-hybridized carbons (Fsp3) is 0.600. The van der Waals surface area contributed by atoms with E-state index in [0.29, 0.717) is 29.2 Å². The summed E-state index contributed by atoms with van der Waals surface area (Å²) in [5, 5.41) is 61.3. The van der Waals surface area contributed by atoms with Crippen LogP contribution in [0, 0.1) is 5.92 Å². The number of fused-ring (bicyclic) bond motifs is 2. The Labute approximate surface area is 259 Å². The molecular formula is C30H42N8O7. The molecule has 45 heavy (non-hydrogen) atoms. The molecule has 5 unspecified atom stereocenters. The quantitative estimate of drug-likeness (QED) is 0.0910. The number of nitrogen functional groups attached to an aromatic ring is 1. The second kappa shape index (κ2) is 12.8. The van der Waals surface area contributed by atoms with Gasteiger partial charge in [-0.3, -0.25) is 9.47 Å². The van der Waals surface area contributed by atoms with E-state index in [4.69, 9.17) is 15.5 Å². The molecule has 3 aromatic heterocycles. The maximum atomic E-state index is 11.0. The summed E-state index contributed by atoms with van der Waals surface area (Å²) < 4.78 is 7.74. The first-order valence-electron chi connectivity index (χ1n) is 15.3. The van der Waals surface area contributed by atoms with Gasteiger partial charge in [-0.25, -0.2) is 19.9 Å². The van der Waals surface area contributed by atoms with E-state index in [2.05, 4.69) is 24.8 Å². The van der Waals surface area contributed by atoms with Gasteiger partial charge in [-0.2, -0.15) is 0 Å². The maximum absolute atomic E-state index is 11.0. The molecule has 2 aliphatic rings. The number of nitrogens with two attached hydrogens (primary N) is 1. The van der Waals surface area contributed by atoms with Crippen LogP contribution < -0.4 is 5.73 Å². The van der Waals surface area contributed by atoms with Gasteiger partial charge < -0.3 is 46.1 Å². The van der Waals surface area contributed by atoms with Crippen molar-refractivity contribution >= 4 is 28.0 Å². The van der Waals surface area contributed by atoms with Crippen LogP contribution in [-0.2, 0) is 16.6 Å². The van der Waals surface area contributed by atoms with Crippen molar-refractivity contribution in [3.05, 3.63) is 42.2 Å². The van der Waals surface area contributed by atoms with Gasteiger partial charge in [0.05, 0.1) is 49.2 Å². The molecule has 9 N–H and O–H groups in total. The average molecular weight is 627 g/mol. The van der Waals surface area contributed by atoms with Gasteiger partial charge in [0.15, 0.2) is 17.7 Å². The number of nitrogens with one attached hydrogen (secondary N) is 1. The zero-order valence-electron chi connectivity index (χ0n) is 25.1. The molecule has 244 valence electrons. The smallest absolute Gasteiger partial charge is 0.167 e. The number of aryl methyl sites for hydroxylation is 1. The fourth-order valence-corrected chi connectivity index (χ4v) is 6.65. The van der Waals surface area contributed by atoms with Gasteiger partial charge in [-0.15, -0.1) is 0 Å². The zero-order valence-corrected chi connectivity index (χ0v) is 25.1. The number of benzene rings is 1. The lowest BCUT2D eigenvalue weighted by atomic mass is 9.76. The van der Waals surface area contributed by atoms with Crippen molar-refractivity contribution in [1.29, 1.82) is 0 Å². The van der Waals surface area contributed by atoms with Gasteiger partial charge in [0.25, 0.3) is 0 Å². The first-order valence-corrected chi connectivity index (χ1v) is 15.3. The second-order valence-electron chi connectivity index (χ2n) is 12.6. The Morgan fingerprint density at radius 2 is 1.84 bits per heavy atom. The predicted molar refractivity (Wildman–Crippen MR) is 163 cm³/mol. The van der Waals surface area contributed by atoms with Gasteiger partial charge >= 0.3 is 0 Å². The zero-order chi connectivity index (χ0) is 31.9. The topological polar surface area (TPSA) is 232 Å². The minimum Gasteiger partial charge on any atom is -0.395 e. The van der Waals surface area contributed by atoms with Gasteiger partial charge in [-0.05, 0) is 49.8 Å². The molecule has 15 heteroatoms. The van der Waals surface area contributed by atoms with Gasteiger partial charge in [0, 0.05) is 25.0 Å². The number of aromatic amines is 1. The number of hydrogen-bond acceptors (Lipinski definition) is 13. The number of anilines is 1. The molecule has 0 radical (unpaired) electrons. The molecule has 1 aromatic carbocycles. The Bertz CT molecular complexity index is 1600. The van der Waals surface area contributed by atoms with Crippen molar-refractivity contribution < 1.29 is 35.4 Å². The molecule has 4 heterocycles. The average Bonchev–Trinajstić information content (AvgIpc) is 3.72. The second-order valence-corrected chi connectivity index (χ2v) is 12.6. The highest BCUT2D eigenvalue weighted by Crippen LogP contribution is 2.38. The number of ether oxygens (including phenoxy) is 1. The van der Waals surface area contributed by atoms with Crippen LogP contribution in [0.2, 0.25) is 0 Å². The van der Waals surface area contributed by atoms with Crippen LogP contribution in [0.1, 0.15) is 43.8 Å². The molecule has 6 rings (SSSR count). The summed E-state index contributed by atoms with van der Waals surface area (Å²) in [6.45, 7) is 1.10. The standard InChI is InChI=1S/C30H42N8O7/c1-16(10-39)37(9-22-25(43)26(44)29(45-22)38-15-34-24-27(31)32-14-33-28(24)38)19-6-17(7-19)2-5-23-35-20-4-3-18(8-21(20)36-23)30(11-40,12-41)13-42/h3-4,8,14-17,19,22,25-26,29,39-44H,2,5-7,9-13H2,1H3,(H,35,36)(H2,31,32,33). The normalized spacial score (nSPS) is 26.2. The first kappa shape index (κ1) is 31.7. The molecule has 1 saturated heterocycles. The van der Waals surface area contributed by atoms with E-state index in [1.54, 1.807) is 10.6 Å². The Morgan fingerprint density at radius 3 is 2.56 bits per heavy atom. The number of H-pyrrole nitrogens is 1. The predicted octanol–water partition coefficient (Wildman–Crippen LogP) is -0.787. The lowest BCUT2D eigenvalue weighted by Gasteiger charge is -2.46. The number of aromatic nitrogens is 6. The highest BCUT2D eigenvalue weighted by Gasteiger charge is 2.47. The van der Waals surface area contributed by atoms with E-state index in [1.807, 2.05) is 19.1 Å². The van der Waals surface area contributed by atoms with Gasteiger partial charge in [0.1, 0.15) is 36.0 Å². The van der Waals surface area contributed by atoms with Crippen molar-refractivity contribution in [2.45, 2.75) is 74.6 Å². The van der Waals surface area contributed by atoms with Crippen LogP contribution in [-0.4, -0.2) is 128 Å². The molecular weight excluding hydrogens is 584 g/mol. The molecule has 1 saturated carbocycles. The maximum Gasteiger partial charge on any atom is 0.167 e. The number of nitrogens with zero attached hydrogens (tertiary/aromatic N) is 6. The number of hydrogen-bond donors (Lipinski definition) is 8. The van der Waals surface area contributed by atoms with Crippen LogP contribution >= 0.6 is 0 Å². The van der Waals surface area contributed by atoms with E-state index in [1.165, 1.54) is 12.7 Å². The summed E-state index contributed by atoms with van der Waals surface area (Å²) in [6, 6.07) is 5.44. The minimum absolute atomic E-state index is 0.0522. The molecule has 4 aromatic rings. The van der Waals surface area contributed by atoms with E-state index in [0.717, 1.165) is 42.5 Å². The Balaban J connectivity index is 1.07. The van der Waals surface area contributed by atoms with Crippen LogP contribution in [0.25, 0.3) is 22.2 Å². The Kier molecular flexibility index (Phi) is 9.05. The molecule has 5 atom stereocenters. The molecule has 15 nitrogen and oxygen atoms in total. The summed E-state index contributed by atoms with van der Waals surface area (Å²) in [4.78, 5) is 22.6. The largest absolute Gasteiger partial charge is 0.395 e. The Hall–Kier alpha value is -3.28. The molecule has 2 fully saturated rings. The summed E-state index contributed by atoms with van der Waals surface area (Å²) in [5.41, 5.74) is 7.79. The molecule has 0 spiro atoms. The first-order chi connectivity index (χ1) is 21.7. The third kappa shape index (κ3) is 5.79. The minimum atomic E-state index is -1.21. The van der Waals surface area contributed by atoms with Crippen LogP contribution in [0.5, 0.6) is 0 Å². The van der Waals surface area contributed by atoms with Crippen molar-refractivity contribution in [1.82, 2.24) is 34.4 Å². The van der Waals surface area contributed by atoms with Crippen LogP contribution in [0.3, 0.4) is 0 Å². The summed E-state index contributed by atoms with van der Waals surface area (Å²) in [7, 11) is 0. The third-order valence-corrected chi connectivity index (χ3v) is 9.74. The number of aliphatic hydroxyl groups is 6. The summed E-state index contributed by atoms with van der Waals surface area (Å²) in [5.74, 6) is 1.51. The monoisotopic (exact) mass is 626 g/mol. The Morgan fingerprint density at radius 1 is 1.09 bits per heavy atom. The van der Waals surface area contributed by atoms with E-state index < -0.39 is 30.0 Å². The highest BCUT2D eigenvalue weighted by molar-refractivity contribution is 5.81. The van der Waals surface area contributed by atoms with Crippen molar-refractivity contribution in [2.75, 3.05) is 38.7 Å². The van der Waals surface area contributed by atoms with Gasteiger partial charge in [0.2, 0.25) is 0 Å². The highest BCUT2D eigenvalue weighted by atomic mass is 16.6. The lowest BCUT2D eigenvalue weighted by molar-refractivity contribution is -0.0677. The van der Waals surface area contributed by atoms with E-state index >= 15 is 0 Å². The van der Waals surface area contributed by atoms with Crippen molar-refractivity contribution in [3.8, 4) is 0 Å². The summed E-state index contributed by atoms with van der Waals surface area (Å²) in [6.07, 6.45) is 2.30. The summed E-state index contributed by atoms with van der Waals surface area (Å²) >= 11 is 0. The lowest BCUT2D eigenvalue weighted by Crippen LogP contribution is -2.54. The SMILES string of the molecule is CC(CO)N(CC1OC(n2cnc3c(N)ncnc32)C(O)C1O)C1CC(CCc2nc3ccc(C(CO)(CO)CO)cc3[nH]2)C1. The van der Waals surface area contributed by atoms with Crippen molar-refractivity contribution in [3.63, 3.8) is 0 Å². The molecule has 1 aliphatic carbocycles. The van der Waals surface area contributed by atoms with Crippen molar-refractivity contribution in [2.24, 2.45) is 5.92 Å². The fourth-order valence-electron chi connectivity index (χ4n) is 6.65. The molecule has 0 bridgehead atoms. The number of rotatable bonds is 13. The van der Waals surface area contributed by atoms with E-state index in [-0.39, 0.29) is 44.3 Å². The third-order valence-electron chi connectivity index (χ3n) is 9.74. The number of imidazole rings is 2. The van der Waals surface area contributed by atoms with Crippen LogP contribution in [0.15, 0.2) is 30.9 Å². The molecule has 1 aliphatic heterocycles. The molecule has 0 amide bonds. The van der Waals surface area contributed by atoms with Crippen LogP contribution in [0.4, 0.5) is 5.82 Å². The number of aliphatic hydroxyl groups excluding tert-OH is 6. The van der Waals surface area contributed by atoms with E-state index in [9.17, 15) is 30.6 Å².